The number of urea groups is 1. The summed E-state index contributed by atoms with van der Waals surface area (Å²) in [5.74, 6) is 1.34. The van der Waals surface area contributed by atoms with E-state index in [0.717, 1.165) is 22.9 Å². The van der Waals surface area contributed by atoms with Gasteiger partial charge in [-0.3, -0.25) is 4.79 Å². The minimum Gasteiger partial charge on any atom is -0.493 e. The first-order chi connectivity index (χ1) is 14.4. The van der Waals surface area contributed by atoms with Crippen LogP contribution < -0.4 is 20.3 Å². The van der Waals surface area contributed by atoms with Crippen molar-refractivity contribution in [3.63, 3.8) is 0 Å². The topological polar surface area (TPSA) is 72.8 Å². The van der Waals surface area contributed by atoms with Gasteiger partial charge < -0.3 is 24.3 Å². The van der Waals surface area contributed by atoms with Crippen molar-refractivity contribution in [1.82, 2.24) is 9.47 Å². The first-order valence-electron chi connectivity index (χ1n) is 9.85. The summed E-state index contributed by atoms with van der Waals surface area (Å²) in [6, 6.07) is 10.9. The predicted octanol–water partition coefficient (Wildman–Crippen LogP) is 3.71. The molecule has 2 aromatic carbocycles. The van der Waals surface area contributed by atoms with Crippen LogP contribution >= 0.6 is 0 Å². The van der Waals surface area contributed by atoms with Gasteiger partial charge in [-0.2, -0.15) is 0 Å². The van der Waals surface area contributed by atoms with E-state index in [1.165, 1.54) is 4.57 Å². The monoisotopic (exact) mass is 407 g/mol. The Kier molecular flexibility index (Phi) is 5.11. The molecule has 1 aliphatic heterocycles. The smallest absolute Gasteiger partial charge is 0.322 e. The summed E-state index contributed by atoms with van der Waals surface area (Å²) >= 11 is 0. The molecule has 0 saturated heterocycles. The van der Waals surface area contributed by atoms with Gasteiger partial charge in [-0.05, 0) is 42.7 Å². The molecule has 1 N–H and O–H groups in total. The number of carbonyl (C=O) groups excluding carboxylic acids is 1. The number of hydrogen-bond acceptors (Lipinski definition) is 4. The van der Waals surface area contributed by atoms with Gasteiger partial charge in [-0.25, -0.2) is 4.79 Å². The van der Waals surface area contributed by atoms with E-state index in [1.54, 1.807) is 38.4 Å². The van der Waals surface area contributed by atoms with Crippen LogP contribution in [0.2, 0.25) is 0 Å². The number of carbonyl (C=O) groups is 1. The molecule has 0 fully saturated rings. The summed E-state index contributed by atoms with van der Waals surface area (Å²) in [6.45, 7) is 2.58. The maximum atomic E-state index is 13.2. The Labute approximate surface area is 174 Å². The molecule has 4 rings (SSSR count). The van der Waals surface area contributed by atoms with Crippen LogP contribution in [0.15, 0.2) is 47.4 Å². The lowest BCUT2D eigenvalue weighted by atomic mass is 9.93. The maximum Gasteiger partial charge on any atom is 0.322 e. The Balaban J connectivity index is 1.65. The standard InChI is InChI=1S/C23H25N3O4/c1-14-18-12-21(30-4)20(29-3)11-15(18)9-10-26(14)23(28)24-19-13-25(2)22(27)17-8-6-5-7-16(17)19/h5-8,11-14H,9-10H2,1-4H3,(H,24,28)/t14-/m1/s1. The normalized spacial score (nSPS) is 15.6. The Morgan fingerprint density at radius 2 is 1.77 bits per heavy atom. The first kappa shape index (κ1) is 19.8. The molecule has 0 aliphatic carbocycles. The van der Waals surface area contributed by atoms with Crippen molar-refractivity contribution in [2.45, 2.75) is 19.4 Å². The lowest BCUT2D eigenvalue weighted by molar-refractivity contribution is 0.188. The molecule has 1 aromatic heterocycles. The number of hydrogen-bond donors (Lipinski definition) is 1. The van der Waals surface area contributed by atoms with Gasteiger partial charge in [0.1, 0.15) is 0 Å². The third-order valence-electron chi connectivity index (χ3n) is 5.78. The van der Waals surface area contributed by atoms with Crippen LogP contribution in [0.4, 0.5) is 10.5 Å². The molecule has 0 bridgehead atoms. The highest BCUT2D eigenvalue weighted by Crippen LogP contribution is 2.38. The molecule has 2 amide bonds. The number of aromatic nitrogens is 1. The summed E-state index contributed by atoms with van der Waals surface area (Å²) in [5.41, 5.74) is 2.71. The van der Waals surface area contributed by atoms with Crippen molar-refractivity contribution in [1.29, 1.82) is 0 Å². The van der Waals surface area contributed by atoms with E-state index in [0.29, 0.717) is 29.1 Å². The van der Waals surface area contributed by atoms with E-state index in [1.807, 2.05) is 37.3 Å². The molecular formula is C23H25N3O4. The zero-order chi connectivity index (χ0) is 21.4. The zero-order valence-electron chi connectivity index (χ0n) is 17.6. The number of pyridine rings is 1. The lowest BCUT2D eigenvalue weighted by Gasteiger charge is -2.35. The van der Waals surface area contributed by atoms with Gasteiger partial charge in [0.15, 0.2) is 11.5 Å². The molecule has 1 atom stereocenters. The number of benzene rings is 2. The molecule has 0 unspecified atom stereocenters. The fourth-order valence-electron chi connectivity index (χ4n) is 4.12. The van der Waals surface area contributed by atoms with Crippen LogP contribution in [0.3, 0.4) is 0 Å². The molecule has 3 aromatic rings. The van der Waals surface area contributed by atoms with Crippen LogP contribution in [-0.4, -0.2) is 36.3 Å². The van der Waals surface area contributed by atoms with Gasteiger partial charge in [0.05, 0.1) is 25.9 Å². The van der Waals surface area contributed by atoms with Crippen LogP contribution in [0, 0.1) is 0 Å². The van der Waals surface area contributed by atoms with Gasteiger partial charge in [0, 0.05) is 30.6 Å². The quantitative estimate of drug-likeness (QED) is 0.718. The Hall–Kier alpha value is -3.48. The SMILES string of the molecule is COc1cc2c(cc1OC)[C@@H](C)N(C(=O)Nc1cn(C)c(=O)c3ccccc13)CC2. The highest BCUT2D eigenvalue weighted by Gasteiger charge is 2.29. The molecular weight excluding hydrogens is 382 g/mol. The lowest BCUT2D eigenvalue weighted by Crippen LogP contribution is -2.41. The molecule has 0 spiro atoms. The van der Waals surface area contributed by atoms with E-state index < -0.39 is 0 Å². The summed E-state index contributed by atoms with van der Waals surface area (Å²) < 4.78 is 12.3. The fourth-order valence-corrected chi connectivity index (χ4v) is 4.12. The van der Waals surface area contributed by atoms with E-state index in [9.17, 15) is 9.59 Å². The number of methoxy groups -OCH3 is 2. The molecule has 30 heavy (non-hydrogen) atoms. The minimum atomic E-state index is -0.202. The van der Waals surface area contributed by atoms with E-state index >= 15 is 0 Å². The van der Waals surface area contributed by atoms with Crippen LogP contribution in [0.5, 0.6) is 11.5 Å². The molecule has 0 saturated carbocycles. The van der Waals surface area contributed by atoms with Gasteiger partial charge in [0.25, 0.3) is 5.56 Å². The van der Waals surface area contributed by atoms with Crippen molar-refractivity contribution in [2.75, 3.05) is 26.1 Å². The molecule has 0 radical (unpaired) electrons. The highest BCUT2D eigenvalue weighted by atomic mass is 16.5. The number of ether oxygens (including phenoxy) is 2. The van der Waals surface area contributed by atoms with Crippen molar-refractivity contribution >= 4 is 22.5 Å². The minimum absolute atomic E-state index is 0.0927. The largest absolute Gasteiger partial charge is 0.493 e. The highest BCUT2D eigenvalue weighted by molar-refractivity contribution is 6.01. The second-order valence-electron chi connectivity index (χ2n) is 7.46. The number of nitrogens with one attached hydrogen (secondary N) is 1. The maximum absolute atomic E-state index is 13.2. The molecule has 7 heteroatoms. The van der Waals surface area contributed by atoms with Crippen molar-refractivity contribution in [2.24, 2.45) is 7.05 Å². The van der Waals surface area contributed by atoms with Gasteiger partial charge in [-0.15, -0.1) is 0 Å². The first-order valence-corrected chi connectivity index (χ1v) is 9.85. The average Bonchev–Trinajstić information content (AvgIpc) is 2.76. The number of amides is 2. The summed E-state index contributed by atoms with van der Waals surface area (Å²) in [4.78, 5) is 27.4. The van der Waals surface area contributed by atoms with Gasteiger partial charge in [-0.1, -0.05) is 18.2 Å². The number of aryl methyl sites for hydroxylation is 1. The Morgan fingerprint density at radius 1 is 1.10 bits per heavy atom. The second-order valence-corrected chi connectivity index (χ2v) is 7.46. The van der Waals surface area contributed by atoms with E-state index in [4.69, 9.17) is 9.47 Å². The van der Waals surface area contributed by atoms with Crippen molar-refractivity contribution in [3.8, 4) is 11.5 Å². The Morgan fingerprint density at radius 3 is 2.47 bits per heavy atom. The number of rotatable bonds is 3. The average molecular weight is 407 g/mol. The van der Waals surface area contributed by atoms with Crippen LogP contribution in [0.1, 0.15) is 24.1 Å². The fraction of sp³-hybridized carbons (Fsp3) is 0.304. The molecule has 2 heterocycles. The van der Waals surface area contributed by atoms with Crippen LogP contribution in [0.25, 0.3) is 10.8 Å². The molecule has 156 valence electrons. The van der Waals surface area contributed by atoms with Crippen molar-refractivity contribution < 1.29 is 14.3 Å². The number of nitrogens with zero attached hydrogens (tertiary/aromatic N) is 2. The Bertz CT molecular complexity index is 1190. The number of fused-ring (bicyclic) bond motifs is 2. The third-order valence-corrected chi connectivity index (χ3v) is 5.78. The van der Waals surface area contributed by atoms with E-state index in [-0.39, 0.29) is 17.6 Å². The summed E-state index contributed by atoms with van der Waals surface area (Å²) in [6.07, 6.45) is 2.39. The summed E-state index contributed by atoms with van der Waals surface area (Å²) in [7, 11) is 4.91. The molecule has 7 nitrogen and oxygen atoms in total. The summed E-state index contributed by atoms with van der Waals surface area (Å²) in [5, 5.41) is 4.31. The van der Waals surface area contributed by atoms with E-state index in [2.05, 4.69) is 5.32 Å². The van der Waals surface area contributed by atoms with Gasteiger partial charge in [0.2, 0.25) is 0 Å². The van der Waals surface area contributed by atoms with Gasteiger partial charge >= 0.3 is 6.03 Å². The zero-order valence-corrected chi connectivity index (χ0v) is 17.6. The third kappa shape index (κ3) is 3.26. The van der Waals surface area contributed by atoms with Crippen LogP contribution in [-0.2, 0) is 13.5 Å². The number of anilines is 1. The predicted molar refractivity (Wildman–Crippen MR) is 117 cm³/mol. The second kappa shape index (κ2) is 7.74. The van der Waals surface area contributed by atoms with Crippen molar-refractivity contribution in [3.05, 3.63) is 64.1 Å². The molecule has 1 aliphatic rings.